The van der Waals surface area contributed by atoms with Crippen molar-refractivity contribution in [3.8, 4) is 0 Å². The molecular formula is C28H31Cl2N3O4S. The number of nitrogens with one attached hydrogen (secondary N) is 1. The molecule has 0 fully saturated rings. The Morgan fingerprint density at radius 3 is 2.21 bits per heavy atom. The molecule has 38 heavy (non-hydrogen) atoms. The molecule has 3 rings (SSSR count). The maximum absolute atomic E-state index is 13.9. The summed E-state index contributed by atoms with van der Waals surface area (Å²) >= 11 is 12.3. The number of nitrogens with zero attached hydrogens (tertiary/aromatic N) is 2. The molecule has 0 saturated heterocycles. The molecule has 1 N–H and O–H groups in total. The lowest BCUT2D eigenvalue weighted by molar-refractivity contribution is -0.140. The van der Waals surface area contributed by atoms with Crippen molar-refractivity contribution in [3.63, 3.8) is 0 Å². The standard InChI is InChI=1S/C28H31Cl2N3O4S/c1-5-25(28(35)31-4)32(17-21-12-13-23(29)24(30)16-21)27(34)18-33(26-14-11-19(2)15-20(26)3)38(36,37)22-9-7-6-8-10-22/h6-16,25H,5,17-18H2,1-4H3,(H,31,35)/t25-/m0/s1. The molecule has 10 heteroatoms. The molecular weight excluding hydrogens is 545 g/mol. The number of carbonyl (C=O) groups excluding carboxylic acids is 2. The molecule has 0 aliphatic rings. The number of hydrogen-bond donors (Lipinski definition) is 1. The first-order valence-electron chi connectivity index (χ1n) is 12.1. The van der Waals surface area contributed by atoms with Gasteiger partial charge in [-0.1, -0.05) is 72.1 Å². The second-order valence-electron chi connectivity index (χ2n) is 8.92. The lowest BCUT2D eigenvalue weighted by atomic mass is 10.1. The van der Waals surface area contributed by atoms with E-state index in [2.05, 4.69) is 5.32 Å². The van der Waals surface area contributed by atoms with Crippen LogP contribution in [-0.2, 0) is 26.2 Å². The van der Waals surface area contributed by atoms with Crippen LogP contribution >= 0.6 is 23.2 Å². The Balaban J connectivity index is 2.09. The molecule has 0 saturated carbocycles. The van der Waals surface area contributed by atoms with E-state index in [4.69, 9.17) is 23.2 Å². The molecule has 0 heterocycles. The Morgan fingerprint density at radius 1 is 0.947 bits per heavy atom. The van der Waals surface area contributed by atoms with E-state index >= 15 is 0 Å². The molecule has 0 unspecified atom stereocenters. The molecule has 3 aromatic rings. The van der Waals surface area contributed by atoms with Crippen molar-refractivity contribution in [1.82, 2.24) is 10.2 Å². The zero-order valence-corrected chi connectivity index (χ0v) is 24.1. The highest BCUT2D eigenvalue weighted by atomic mass is 35.5. The Bertz CT molecular complexity index is 1410. The van der Waals surface area contributed by atoms with Gasteiger partial charge >= 0.3 is 0 Å². The number of rotatable bonds is 10. The Morgan fingerprint density at radius 2 is 1.63 bits per heavy atom. The van der Waals surface area contributed by atoms with Crippen LogP contribution in [0, 0.1) is 13.8 Å². The summed E-state index contributed by atoms with van der Waals surface area (Å²) in [5.74, 6) is -0.893. The predicted octanol–water partition coefficient (Wildman–Crippen LogP) is 5.36. The van der Waals surface area contributed by atoms with Crippen molar-refractivity contribution in [3.05, 3.63) is 93.5 Å². The van der Waals surface area contributed by atoms with E-state index < -0.39 is 28.5 Å². The van der Waals surface area contributed by atoms with Gasteiger partial charge in [0.2, 0.25) is 11.8 Å². The van der Waals surface area contributed by atoms with Gasteiger partial charge in [0.1, 0.15) is 12.6 Å². The first kappa shape index (κ1) is 29.5. The summed E-state index contributed by atoms with van der Waals surface area (Å²) in [5, 5.41) is 3.28. The average Bonchev–Trinajstić information content (AvgIpc) is 2.89. The second-order valence-corrected chi connectivity index (χ2v) is 11.6. The van der Waals surface area contributed by atoms with Gasteiger partial charge in [-0.05, 0) is 61.7 Å². The predicted molar refractivity (Wildman–Crippen MR) is 152 cm³/mol. The highest BCUT2D eigenvalue weighted by Gasteiger charge is 2.34. The average molecular weight is 577 g/mol. The SMILES string of the molecule is CC[C@@H](C(=O)NC)N(Cc1ccc(Cl)c(Cl)c1)C(=O)CN(c1ccc(C)cc1C)S(=O)(=O)c1ccccc1. The van der Waals surface area contributed by atoms with Crippen LogP contribution in [0.25, 0.3) is 0 Å². The van der Waals surface area contributed by atoms with E-state index in [1.54, 1.807) is 62.4 Å². The van der Waals surface area contributed by atoms with Gasteiger partial charge in [-0.15, -0.1) is 0 Å². The van der Waals surface area contributed by atoms with Crippen LogP contribution in [0.5, 0.6) is 0 Å². The molecule has 0 spiro atoms. The van der Waals surface area contributed by atoms with Gasteiger partial charge in [0.05, 0.1) is 20.6 Å². The largest absolute Gasteiger partial charge is 0.357 e. The van der Waals surface area contributed by atoms with Crippen LogP contribution in [0.15, 0.2) is 71.6 Å². The van der Waals surface area contributed by atoms with Crippen molar-refractivity contribution in [1.29, 1.82) is 0 Å². The lowest BCUT2D eigenvalue weighted by Crippen LogP contribution is -2.51. The van der Waals surface area contributed by atoms with Crippen LogP contribution in [0.3, 0.4) is 0 Å². The van der Waals surface area contributed by atoms with Gasteiger partial charge in [-0.3, -0.25) is 13.9 Å². The van der Waals surface area contributed by atoms with Crippen LogP contribution in [0.4, 0.5) is 5.69 Å². The summed E-state index contributed by atoms with van der Waals surface area (Å²) in [5.41, 5.74) is 2.70. The monoisotopic (exact) mass is 575 g/mol. The van der Waals surface area contributed by atoms with E-state index in [1.165, 1.54) is 24.1 Å². The third-order valence-electron chi connectivity index (χ3n) is 6.20. The summed E-state index contributed by atoms with van der Waals surface area (Å²) in [7, 11) is -2.62. The van der Waals surface area contributed by atoms with Gasteiger partial charge in [0, 0.05) is 13.6 Å². The summed E-state index contributed by atoms with van der Waals surface area (Å²) in [6, 6.07) is 17.4. The highest BCUT2D eigenvalue weighted by molar-refractivity contribution is 7.92. The zero-order chi connectivity index (χ0) is 28.0. The Labute approximate surface area is 234 Å². The molecule has 3 aromatic carbocycles. The van der Waals surface area contributed by atoms with Crippen molar-refractivity contribution in [2.75, 3.05) is 17.9 Å². The molecule has 1 atom stereocenters. The molecule has 0 aromatic heterocycles. The van der Waals surface area contributed by atoms with Crippen LogP contribution in [0.1, 0.15) is 30.0 Å². The van der Waals surface area contributed by atoms with Crippen LogP contribution in [-0.4, -0.2) is 44.8 Å². The minimum atomic E-state index is -4.11. The van der Waals surface area contributed by atoms with Gasteiger partial charge in [0.15, 0.2) is 0 Å². The molecule has 2 amide bonds. The van der Waals surface area contributed by atoms with Gasteiger partial charge < -0.3 is 10.2 Å². The van der Waals surface area contributed by atoms with Gasteiger partial charge in [-0.2, -0.15) is 0 Å². The number of sulfonamides is 1. The molecule has 0 radical (unpaired) electrons. The topological polar surface area (TPSA) is 86.8 Å². The van der Waals surface area contributed by atoms with E-state index in [9.17, 15) is 18.0 Å². The van der Waals surface area contributed by atoms with Crippen molar-refractivity contribution < 1.29 is 18.0 Å². The first-order chi connectivity index (χ1) is 18.0. The normalized spacial score (nSPS) is 12.1. The summed E-state index contributed by atoms with van der Waals surface area (Å²) in [4.78, 5) is 28.2. The third kappa shape index (κ3) is 6.67. The summed E-state index contributed by atoms with van der Waals surface area (Å²) in [6.45, 7) is 5.03. The fraction of sp³-hybridized carbons (Fsp3) is 0.286. The maximum Gasteiger partial charge on any atom is 0.264 e. The van der Waals surface area contributed by atoms with Crippen molar-refractivity contribution in [2.45, 2.75) is 44.7 Å². The smallest absolute Gasteiger partial charge is 0.264 e. The van der Waals surface area contributed by atoms with Crippen molar-refractivity contribution in [2.24, 2.45) is 0 Å². The number of likely N-dealkylation sites (N-methyl/N-ethyl adjacent to an activating group) is 1. The van der Waals surface area contributed by atoms with E-state index in [0.29, 0.717) is 33.3 Å². The first-order valence-corrected chi connectivity index (χ1v) is 14.3. The maximum atomic E-state index is 13.9. The Kier molecular flexibility index (Phi) is 9.82. The summed E-state index contributed by atoms with van der Waals surface area (Å²) in [6.07, 6.45) is 0.321. The van der Waals surface area contributed by atoms with Crippen LogP contribution in [0.2, 0.25) is 10.0 Å². The zero-order valence-electron chi connectivity index (χ0n) is 21.7. The van der Waals surface area contributed by atoms with E-state index in [1.807, 2.05) is 13.0 Å². The number of benzene rings is 3. The molecule has 7 nitrogen and oxygen atoms in total. The number of anilines is 1. The minimum Gasteiger partial charge on any atom is -0.357 e. The molecule has 202 valence electrons. The van der Waals surface area contributed by atoms with Gasteiger partial charge in [0.25, 0.3) is 10.0 Å². The number of aryl methyl sites for hydroxylation is 2. The van der Waals surface area contributed by atoms with Gasteiger partial charge in [-0.25, -0.2) is 8.42 Å². The molecule has 0 aliphatic heterocycles. The number of carbonyl (C=O) groups is 2. The van der Waals surface area contributed by atoms with Crippen LogP contribution < -0.4 is 9.62 Å². The second kappa shape index (κ2) is 12.7. The fourth-order valence-electron chi connectivity index (χ4n) is 4.24. The molecule has 0 aliphatic carbocycles. The third-order valence-corrected chi connectivity index (χ3v) is 8.71. The fourth-order valence-corrected chi connectivity index (χ4v) is 6.06. The Hall–Kier alpha value is -3.07. The van der Waals surface area contributed by atoms with E-state index in [-0.39, 0.29) is 17.3 Å². The highest BCUT2D eigenvalue weighted by Crippen LogP contribution is 2.29. The quantitative estimate of drug-likeness (QED) is 0.352. The summed E-state index contributed by atoms with van der Waals surface area (Å²) < 4.78 is 28.8. The number of halogens is 2. The van der Waals surface area contributed by atoms with E-state index in [0.717, 1.165) is 9.87 Å². The molecule has 0 bridgehead atoms. The minimum absolute atomic E-state index is 0.0355. The lowest BCUT2D eigenvalue weighted by Gasteiger charge is -2.33. The number of amides is 2. The number of hydrogen-bond acceptors (Lipinski definition) is 4. The van der Waals surface area contributed by atoms with Crippen molar-refractivity contribution >= 4 is 50.7 Å².